The van der Waals surface area contributed by atoms with Crippen molar-refractivity contribution in [3.05, 3.63) is 104 Å². The molecule has 0 saturated heterocycles. The summed E-state index contributed by atoms with van der Waals surface area (Å²) in [6.45, 7) is 14.2. The van der Waals surface area contributed by atoms with Gasteiger partial charge in [-0.15, -0.1) is 0 Å². The Morgan fingerprint density at radius 3 is 1.56 bits per heavy atom. The highest BCUT2D eigenvalue weighted by Crippen LogP contribution is 2.17. The van der Waals surface area contributed by atoms with Crippen LogP contribution in [0.1, 0.15) is 38.9 Å². The van der Waals surface area contributed by atoms with Crippen molar-refractivity contribution in [2.24, 2.45) is 0 Å². The summed E-state index contributed by atoms with van der Waals surface area (Å²) in [5.74, 6) is -0.116. The standard InChI is InChI=1S/C9H12.C8H9Cl.C8H9F/c1-7-4-5-8(2)9(3)6-7;2*1-6-4-3-5-8(9)7(6)2/h4-6H,1-3H3;2*3-5H,1-2H3. The Balaban J connectivity index is 0.000000202. The van der Waals surface area contributed by atoms with Crippen LogP contribution in [-0.4, -0.2) is 0 Å². The molecule has 0 nitrogen and oxygen atoms in total. The van der Waals surface area contributed by atoms with Gasteiger partial charge in [0.25, 0.3) is 0 Å². The topological polar surface area (TPSA) is 0 Å². The van der Waals surface area contributed by atoms with Crippen LogP contribution in [-0.2, 0) is 0 Å². The highest BCUT2D eigenvalue weighted by molar-refractivity contribution is 6.31. The van der Waals surface area contributed by atoms with E-state index in [2.05, 4.69) is 52.0 Å². The van der Waals surface area contributed by atoms with Crippen molar-refractivity contribution in [3.63, 3.8) is 0 Å². The minimum Gasteiger partial charge on any atom is -0.207 e. The van der Waals surface area contributed by atoms with Gasteiger partial charge in [-0.1, -0.05) is 59.6 Å². The third-order valence-corrected chi connectivity index (χ3v) is 5.15. The smallest absolute Gasteiger partial charge is 0.126 e. The number of aryl methyl sites for hydroxylation is 5. The second kappa shape index (κ2) is 10.9. The average Bonchev–Trinajstić information content (AvgIpc) is 2.62. The largest absolute Gasteiger partial charge is 0.207 e. The molecular formula is C25H30ClF. The zero-order valence-corrected chi connectivity index (χ0v) is 18.2. The van der Waals surface area contributed by atoms with Crippen LogP contribution >= 0.6 is 11.6 Å². The maximum absolute atomic E-state index is 12.6. The van der Waals surface area contributed by atoms with E-state index in [4.69, 9.17) is 11.6 Å². The van der Waals surface area contributed by atoms with E-state index in [-0.39, 0.29) is 5.82 Å². The van der Waals surface area contributed by atoms with Crippen molar-refractivity contribution in [2.75, 3.05) is 0 Å². The molecule has 0 aromatic heterocycles. The fraction of sp³-hybridized carbons (Fsp3) is 0.280. The predicted molar refractivity (Wildman–Crippen MR) is 117 cm³/mol. The Kier molecular flexibility index (Phi) is 9.25. The van der Waals surface area contributed by atoms with Gasteiger partial charge in [-0.2, -0.15) is 0 Å². The van der Waals surface area contributed by atoms with Gasteiger partial charge in [0.2, 0.25) is 0 Å². The van der Waals surface area contributed by atoms with Crippen molar-refractivity contribution in [1.82, 2.24) is 0 Å². The molecule has 0 N–H and O–H groups in total. The van der Waals surface area contributed by atoms with Gasteiger partial charge in [-0.3, -0.25) is 0 Å². The summed E-state index contributed by atoms with van der Waals surface area (Å²) in [5.41, 5.74) is 8.29. The number of benzene rings is 3. The lowest BCUT2D eigenvalue weighted by atomic mass is 10.1. The Labute approximate surface area is 169 Å². The fourth-order valence-corrected chi connectivity index (χ4v) is 2.54. The van der Waals surface area contributed by atoms with Gasteiger partial charge < -0.3 is 0 Å². The fourth-order valence-electron chi connectivity index (χ4n) is 2.32. The van der Waals surface area contributed by atoms with Gasteiger partial charge in [0.05, 0.1) is 0 Å². The van der Waals surface area contributed by atoms with Crippen LogP contribution in [0.5, 0.6) is 0 Å². The molecule has 3 rings (SSSR count). The Morgan fingerprint density at radius 1 is 0.593 bits per heavy atom. The third-order valence-electron chi connectivity index (χ3n) is 4.74. The Bertz CT molecular complexity index is 791. The van der Waals surface area contributed by atoms with E-state index >= 15 is 0 Å². The molecule has 0 aliphatic heterocycles. The molecule has 0 atom stereocenters. The molecule has 0 radical (unpaired) electrons. The lowest BCUT2D eigenvalue weighted by molar-refractivity contribution is 0.617. The van der Waals surface area contributed by atoms with E-state index in [9.17, 15) is 4.39 Å². The predicted octanol–water partition coefficient (Wildman–Crippen LogP) is 8.01. The molecule has 2 heteroatoms. The van der Waals surface area contributed by atoms with Crippen LogP contribution in [0.25, 0.3) is 0 Å². The van der Waals surface area contributed by atoms with E-state index in [1.807, 2.05) is 32.0 Å². The molecule has 0 amide bonds. The van der Waals surface area contributed by atoms with Crippen molar-refractivity contribution in [2.45, 2.75) is 48.5 Å². The minimum atomic E-state index is -0.116. The van der Waals surface area contributed by atoms with Gasteiger partial charge in [0.15, 0.2) is 0 Å². The van der Waals surface area contributed by atoms with Crippen LogP contribution in [0.15, 0.2) is 54.6 Å². The second-order valence-electron chi connectivity index (χ2n) is 6.95. The van der Waals surface area contributed by atoms with Crippen LogP contribution in [0.4, 0.5) is 4.39 Å². The van der Waals surface area contributed by atoms with Gasteiger partial charge in [-0.25, -0.2) is 4.39 Å². The lowest BCUT2D eigenvalue weighted by Gasteiger charge is -1.98. The van der Waals surface area contributed by atoms with Crippen molar-refractivity contribution in [3.8, 4) is 0 Å². The summed E-state index contributed by atoms with van der Waals surface area (Å²) < 4.78 is 12.6. The molecule has 0 saturated carbocycles. The maximum Gasteiger partial charge on any atom is 0.126 e. The first kappa shape index (κ1) is 22.9. The number of rotatable bonds is 0. The SMILES string of the molecule is Cc1ccc(C)c(C)c1.Cc1cccc(Cl)c1C.Cc1cccc(F)c1C. The first-order chi connectivity index (χ1) is 12.6. The Hall–Kier alpha value is -2.12. The quantitative estimate of drug-likeness (QED) is 0.368. The normalized spacial score (nSPS) is 9.67. The van der Waals surface area contributed by atoms with Crippen LogP contribution < -0.4 is 0 Å². The van der Waals surface area contributed by atoms with Crippen LogP contribution in [0.2, 0.25) is 5.02 Å². The molecule has 0 bridgehead atoms. The van der Waals surface area contributed by atoms with Crippen molar-refractivity contribution in [1.29, 1.82) is 0 Å². The molecule has 0 unspecified atom stereocenters. The van der Waals surface area contributed by atoms with E-state index in [0.717, 1.165) is 16.1 Å². The molecule has 0 spiro atoms. The van der Waals surface area contributed by atoms with Gasteiger partial charge in [0, 0.05) is 5.02 Å². The van der Waals surface area contributed by atoms with Gasteiger partial charge in [0.1, 0.15) is 5.82 Å². The first-order valence-electron chi connectivity index (χ1n) is 9.10. The molecule has 144 valence electrons. The molecule has 0 aliphatic rings. The van der Waals surface area contributed by atoms with Gasteiger partial charge in [-0.05, 0) is 94.0 Å². The summed E-state index contributed by atoms with van der Waals surface area (Å²) in [5, 5.41) is 0.856. The number of hydrogen-bond donors (Lipinski definition) is 0. The highest BCUT2D eigenvalue weighted by atomic mass is 35.5. The highest BCUT2D eigenvalue weighted by Gasteiger charge is 1.96. The summed E-state index contributed by atoms with van der Waals surface area (Å²) in [6.07, 6.45) is 0. The van der Waals surface area contributed by atoms with Crippen LogP contribution in [0, 0.1) is 54.3 Å². The number of hydrogen-bond acceptors (Lipinski definition) is 0. The summed E-state index contributed by atoms with van der Waals surface area (Å²) >= 11 is 5.81. The van der Waals surface area contributed by atoms with Gasteiger partial charge >= 0.3 is 0 Å². The van der Waals surface area contributed by atoms with Crippen molar-refractivity contribution < 1.29 is 4.39 Å². The summed E-state index contributed by atoms with van der Waals surface area (Å²) in [6, 6.07) is 17.5. The minimum absolute atomic E-state index is 0.116. The molecule has 0 aliphatic carbocycles. The molecule has 27 heavy (non-hydrogen) atoms. The maximum atomic E-state index is 12.6. The number of halogens is 2. The molecule has 0 heterocycles. The molecule has 3 aromatic rings. The van der Waals surface area contributed by atoms with E-state index in [1.54, 1.807) is 13.0 Å². The van der Waals surface area contributed by atoms with Crippen molar-refractivity contribution >= 4 is 11.6 Å². The summed E-state index contributed by atoms with van der Waals surface area (Å²) in [4.78, 5) is 0. The lowest BCUT2D eigenvalue weighted by Crippen LogP contribution is -1.83. The monoisotopic (exact) mass is 384 g/mol. The molecular weight excluding hydrogens is 355 g/mol. The zero-order valence-electron chi connectivity index (χ0n) is 17.5. The molecule has 0 fully saturated rings. The van der Waals surface area contributed by atoms with E-state index in [0.29, 0.717) is 0 Å². The van der Waals surface area contributed by atoms with E-state index < -0.39 is 0 Å². The third kappa shape index (κ3) is 7.56. The second-order valence-corrected chi connectivity index (χ2v) is 7.36. The van der Waals surface area contributed by atoms with Crippen LogP contribution in [0.3, 0.4) is 0 Å². The zero-order chi connectivity index (χ0) is 20.6. The first-order valence-corrected chi connectivity index (χ1v) is 9.48. The average molecular weight is 385 g/mol. The molecule has 3 aromatic carbocycles. The van der Waals surface area contributed by atoms with E-state index in [1.165, 1.54) is 33.9 Å². The Morgan fingerprint density at radius 2 is 1.15 bits per heavy atom. The summed E-state index contributed by atoms with van der Waals surface area (Å²) in [7, 11) is 0.